The Balaban J connectivity index is 3.25. The summed E-state index contributed by atoms with van der Waals surface area (Å²) >= 11 is 2.93. The van der Waals surface area contributed by atoms with Crippen LogP contribution in [0.4, 0.5) is 14.5 Å². The minimum atomic E-state index is -0.905. The maximum Gasteiger partial charge on any atom is 0.354 e. The minimum absolute atomic E-state index is 0.00573. The van der Waals surface area contributed by atoms with Crippen LogP contribution in [0, 0.1) is 18.6 Å². The van der Waals surface area contributed by atoms with Gasteiger partial charge in [0.15, 0.2) is 5.82 Å². The summed E-state index contributed by atoms with van der Waals surface area (Å²) in [5.41, 5.74) is -0.781. The van der Waals surface area contributed by atoms with Crippen molar-refractivity contribution in [1.82, 2.24) is 0 Å². The lowest BCUT2D eigenvalue weighted by molar-refractivity contribution is -0.138. The fourth-order valence-corrected chi connectivity index (χ4v) is 1.93. The standard InChI is InChI=1S/C13H12BrF2NO4/c1-6-11(15)7(14)4-8(12(6)16)17-9(13(19)21-3)5-10(18)20-2/h4-5,17H,1-3H3/b9-5+. The minimum Gasteiger partial charge on any atom is -0.466 e. The van der Waals surface area contributed by atoms with Crippen LogP contribution in [0.5, 0.6) is 0 Å². The first-order valence-corrected chi connectivity index (χ1v) is 6.40. The molecular formula is C13H12BrF2NO4. The molecule has 114 valence electrons. The monoisotopic (exact) mass is 363 g/mol. The van der Waals surface area contributed by atoms with E-state index >= 15 is 0 Å². The number of ether oxygens (including phenoxy) is 2. The highest BCUT2D eigenvalue weighted by molar-refractivity contribution is 9.10. The number of methoxy groups -OCH3 is 2. The Morgan fingerprint density at radius 2 is 1.86 bits per heavy atom. The maximum atomic E-state index is 14.0. The number of rotatable bonds is 4. The van der Waals surface area contributed by atoms with Crippen LogP contribution in [0.1, 0.15) is 5.56 Å². The SMILES string of the molecule is COC(=O)/C=C(/Nc1cc(Br)c(F)c(C)c1F)C(=O)OC. The quantitative estimate of drug-likeness (QED) is 0.506. The van der Waals surface area contributed by atoms with Gasteiger partial charge in [-0.25, -0.2) is 18.4 Å². The Hall–Kier alpha value is -1.96. The molecule has 0 bridgehead atoms. The molecule has 1 N–H and O–H groups in total. The summed E-state index contributed by atoms with van der Waals surface area (Å²) < 4.78 is 36.3. The summed E-state index contributed by atoms with van der Waals surface area (Å²) in [6.07, 6.45) is 0.803. The van der Waals surface area contributed by atoms with Gasteiger partial charge in [0.2, 0.25) is 0 Å². The highest BCUT2D eigenvalue weighted by atomic mass is 79.9. The zero-order valence-corrected chi connectivity index (χ0v) is 13.0. The zero-order valence-electron chi connectivity index (χ0n) is 11.4. The molecule has 0 aliphatic rings. The maximum absolute atomic E-state index is 14.0. The lowest BCUT2D eigenvalue weighted by atomic mass is 10.2. The number of esters is 2. The van der Waals surface area contributed by atoms with Gasteiger partial charge in [0, 0.05) is 5.56 Å². The molecule has 0 unspecified atom stereocenters. The summed E-state index contributed by atoms with van der Waals surface area (Å²) in [5, 5.41) is 2.39. The van der Waals surface area contributed by atoms with Crippen LogP contribution in [-0.2, 0) is 19.1 Å². The first kappa shape index (κ1) is 17.1. The summed E-state index contributed by atoms with van der Waals surface area (Å²) in [6, 6.07) is 1.10. The van der Waals surface area contributed by atoms with Crippen molar-refractivity contribution in [2.75, 3.05) is 19.5 Å². The van der Waals surface area contributed by atoms with Gasteiger partial charge in [0.25, 0.3) is 0 Å². The molecule has 5 nitrogen and oxygen atoms in total. The van der Waals surface area contributed by atoms with E-state index in [0.29, 0.717) is 0 Å². The number of hydrogen-bond acceptors (Lipinski definition) is 5. The third-order valence-electron chi connectivity index (χ3n) is 2.51. The van der Waals surface area contributed by atoms with E-state index in [1.807, 2.05) is 0 Å². The second kappa shape index (κ2) is 7.16. The molecular weight excluding hydrogens is 352 g/mol. The van der Waals surface area contributed by atoms with E-state index in [1.165, 1.54) is 6.92 Å². The lowest BCUT2D eigenvalue weighted by Gasteiger charge is -2.12. The normalized spacial score (nSPS) is 11.0. The van der Waals surface area contributed by atoms with Crippen LogP contribution in [0.15, 0.2) is 22.3 Å². The molecule has 1 rings (SSSR count). The molecule has 0 saturated carbocycles. The molecule has 0 aliphatic heterocycles. The Morgan fingerprint density at radius 3 is 2.38 bits per heavy atom. The molecule has 0 fully saturated rings. The third kappa shape index (κ3) is 4.01. The number of halogens is 3. The van der Waals surface area contributed by atoms with E-state index < -0.39 is 23.6 Å². The average Bonchev–Trinajstić information content (AvgIpc) is 2.48. The van der Waals surface area contributed by atoms with Gasteiger partial charge < -0.3 is 14.8 Å². The van der Waals surface area contributed by atoms with Crippen LogP contribution >= 0.6 is 15.9 Å². The molecule has 0 aliphatic carbocycles. The van der Waals surface area contributed by atoms with Crippen molar-refractivity contribution >= 4 is 33.6 Å². The second-order valence-electron chi connectivity index (χ2n) is 3.86. The first-order valence-electron chi connectivity index (χ1n) is 5.60. The van der Waals surface area contributed by atoms with Gasteiger partial charge in [-0.3, -0.25) is 0 Å². The molecule has 0 heterocycles. The van der Waals surface area contributed by atoms with E-state index in [4.69, 9.17) is 0 Å². The van der Waals surface area contributed by atoms with E-state index in [9.17, 15) is 18.4 Å². The van der Waals surface area contributed by atoms with Gasteiger partial charge in [-0.2, -0.15) is 0 Å². The lowest BCUT2D eigenvalue weighted by Crippen LogP contribution is -2.16. The smallest absolute Gasteiger partial charge is 0.354 e. The molecule has 0 spiro atoms. The number of carbonyl (C=O) groups excluding carboxylic acids is 2. The van der Waals surface area contributed by atoms with Crippen molar-refractivity contribution in [3.8, 4) is 0 Å². The Bertz CT molecular complexity index is 617. The summed E-state index contributed by atoms with van der Waals surface area (Å²) in [7, 11) is 2.21. The number of anilines is 1. The molecule has 0 atom stereocenters. The van der Waals surface area contributed by atoms with Crippen molar-refractivity contribution in [2.24, 2.45) is 0 Å². The largest absolute Gasteiger partial charge is 0.466 e. The van der Waals surface area contributed by atoms with Gasteiger partial charge in [-0.05, 0) is 28.9 Å². The van der Waals surface area contributed by atoms with Crippen molar-refractivity contribution < 1.29 is 27.8 Å². The molecule has 8 heteroatoms. The van der Waals surface area contributed by atoms with Gasteiger partial charge in [0.05, 0.1) is 30.5 Å². The van der Waals surface area contributed by atoms with Crippen molar-refractivity contribution in [3.63, 3.8) is 0 Å². The highest BCUT2D eigenvalue weighted by Crippen LogP contribution is 2.28. The van der Waals surface area contributed by atoms with Crippen molar-refractivity contribution in [3.05, 3.63) is 39.5 Å². The molecule has 21 heavy (non-hydrogen) atoms. The van der Waals surface area contributed by atoms with Crippen LogP contribution in [-0.4, -0.2) is 26.2 Å². The number of benzene rings is 1. The Kier molecular flexibility index (Phi) is 5.83. The number of carbonyl (C=O) groups is 2. The van der Waals surface area contributed by atoms with Crippen molar-refractivity contribution in [2.45, 2.75) is 6.92 Å². The van der Waals surface area contributed by atoms with E-state index in [0.717, 1.165) is 26.4 Å². The summed E-state index contributed by atoms with van der Waals surface area (Å²) in [6.45, 7) is 1.24. The molecule has 0 saturated heterocycles. The fraction of sp³-hybridized carbons (Fsp3) is 0.231. The van der Waals surface area contributed by atoms with E-state index in [1.54, 1.807) is 0 Å². The van der Waals surface area contributed by atoms with Crippen molar-refractivity contribution in [1.29, 1.82) is 0 Å². The average molecular weight is 364 g/mol. The molecule has 0 aromatic heterocycles. The predicted octanol–water partition coefficient (Wildman–Crippen LogP) is 2.68. The predicted molar refractivity (Wildman–Crippen MR) is 74.5 cm³/mol. The second-order valence-corrected chi connectivity index (χ2v) is 4.71. The first-order chi connectivity index (χ1) is 9.81. The van der Waals surface area contributed by atoms with Gasteiger partial charge in [0.1, 0.15) is 11.5 Å². The van der Waals surface area contributed by atoms with Crippen LogP contribution in [0.2, 0.25) is 0 Å². The summed E-state index contributed by atoms with van der Waals surface area (Å²) in [4.78, 5) is 22.7. The van der Waals surface area contributed by atoms with E-state index in [2.05, 4.69) is 30.7 Å². The zero-order chi connectivity index (χ0) is 16.2. The Labute approximate surface area is 128 Å². The molecule has 1 aromatic rings. The molecule has 0 amide bonds. The molecule has 0 radical (unpaired) electrons. The number of nitrogens with one attached hydrogen (secondary N) is 1. The molecule has 1 aromatic carbocycles. The van der Waals surface area contributed by atoms with Crippen LogP contribution in [0.3, 0.4) is 0 Å². The van der Waals surface area contributed by atoms with Crippen LogP contribution < -0.4 is 5.32 Å². The number of hydrogen-bond donors (Lipinski definition) is 1. The highest BCUT2D eigenvalue weighted by Gasteiger charge is 2.18. The fourth-order valence-electron chi connectivity index (χ4n) is 1.40. The van der Waals surface area contributed by atoms with E-state index in [-0.39, 0.29) is 21.4 Å². The van der Waals surface area contributed by atoms with Gasteiger partial charge in [-0.15, -0.1) is 0 Å². The van der Waals surface area contributed by atoms with Crippen LogP contribution in [0.25, 0.3) is 0 Å². The van der Waals surface area contributed by atoms with Gasteiger partial charge >= 0.3 is 11.9 Å². The third-order valence-corrected chi connectivity index (χ3v) is 3.09. The Morgan fingerprint density at radius 1 is 1.24 bits per heavy atom. The summed E-state index contributed by atoms with van der Waals surface area (Å²) in [5.74, 6) is -3.39. The topological polar surface area (TPSA) is 64.6 Å². The van der Waals surface area contributed by atoms with Gasteiger partial charge in [-0.1, -0.05) is 0 Å².